The van der Waals surface area contributed by atoms with Gasteiger partial charge in [-0.05, 0) is 11.1 Å². The maximum Gasteiger partial charge on any atom is -0.0196 e. The lowest BCUT2D eigenvalue weighted by atomic mass is 10.1. The highest BCUT2D eigenvalue weighted by Crippen LogP contribution is 2.08. The van der Waals surface area contributed by atoms with Gasteiger partial charge in [0.05, 0.1) is 0 Å². The molecule has 14 heavy (non-hydrogen) atoms. The molecule has 0 aliphatic heterocycles. The molecule has 0 aromatic rings. The average molecular weight is 192 g/mol. The standard InChI is InChI=1S/C10H12.2C2H6/c1-5-8-10(7-3)9(4)6-2;2*1-2/h5-8H,1-4H2;2*1-2H3/b10-8-;;. The van der Waals surface area contributed by atoms with E-state index >= 15 is 0 Å². The molecule has 0 saturated carbocycles. The van der Waals surface area contributed by atoms with Gasteiger partial charge in [0.2, 0.25) is 0 Å². The summed E-state index contributed by atoms with van der Waals surface area (Å²) < 4.78 is 0. The molecule has 0 atom stereocenters. The van der Waals surface area contributed by atoms with Crippen molar-refractivity contribution in [2.75, 3.05) is 0 Å². The van der Waals surface area contributed by atoms with Gasteiger partial charge in [-0.3, -0.25) is 0 Å². The van der Waals surface area contributed by atoms with E-state index in [-0.39, 0.29) is 0 Å². The molecular formula is C14H24. The summed E-state index contributed by atoms with van der Waals surface area (Å²) in [5.41, 5.74) is 1.83. The van der Waals surface area contributed by atoms with Crippen molar-refractivity contribution in [3.8, 4) is 0 Å². The normalized spacial score (nSPS) is 8.14. The molecule has 0 aromatic heterocycles. The fourth-order valence-corrected chi connectivity index (χ4v) is 0.551. The number of hydrogen-bond donors (Lipinski definition) is 0. The van der Waals surface area contributed by atoms with Crippen molar-refractivity contribution in [3.63, 3.8) is 0 Å². The molecule has 0 aliphatic carbocycles. The van der Waals surface area contributed by atoms with E-state index in [0.717, 1.165) is 11.1 Å². The van der Waals surface area contributed by atoms with Gasteiger partial charge in [0.25, 0.3) is 0 Å². The van der Waals surface area contributed by atoms with E-state index in [0.29, 0.717) is 0 Å². The summed E-state index contributed by atoms with van der Waals surface area (Å²) in [4.78, 5) is 0. The molecule has 0 unspecified atom stereocenters. The lowest BCUT2D eigenvalue weighted by Crippen LogP contribution is -1.77. The van der Waals surface area contributed by atoms with Crippen LogP contribution in [0.2, 0.25) is 0 Å². The van der Waals surface area contributed by atoms with Crippen LogP contribution in [-0.2, 0) is 0 Å². The minimum atomic E-state index is 0.870. The van der Waals surface area contributed by atoms with Gasteiger partial charge in [0.15, 0.2) is 0 Å². The Balaban J connectivity index is -0.000000266. The van der Waals surface area contributed by atoms with Crippen LogP contribution in [0.3, 0.4) is 0 Å². The molecule has 80 valence electrons. The van der Waals surface area contributed by atoms with Crippen molar-refractivity contribution in [1.82, 2.24) is 0 Å². The van der Waals surface area contributed by atoms with Crippen LogP contribution in [0.1, 0.15) is 27.7 Å². The summed E-state index contributed by atoms with van der Waals surface area (Å²) in [6.07, 6.45) is 6.96. The van der Waals surface area contributed by atoms with Crippen LogP contribution in [0, 0.1) is 0 Å². The molecule has 0 radical (unpaired) electrons. The maximum absolute atomic E-state index is 3.76. The smallest absolute Gasteiger partial charge is 0.0196 e. The lowest BCUT2D eigenvalue weighted by molar-refractivity contribution is 1.50. The fraction of sp³-hybridized carbons (Fsp3) is 0.286. The molecule has 0 bridgehead atoms. The Morgan fingerprint density at radius 2 is 1.29 bits per heavy atom. The molecule has 0 rings (SSSR count). The van der Waals surface area contributed by atoms with Gasteiger partial charge in [-0.1, -0.05) is 78.3 Å². The van der Waals surface area contributed by atoms with Gasteiger partial charge in [-0.25, -0.2) is 0 Å². The van der Waals surface area contributed by atoms with E-state index in [2.05, 4.69) is 26.3 Å². The first-order valence-corrected chi connectivity index (χ1v) is 5.03. The van der Waals surface area contributed by atoms with Crippen LogP contribution in [0.5, 0.6) is 0 Å². The summed E-state index contributed by atoms with van der Waals surface area (Å²) in [6.45, 7) is 22.5. The van der Waals surface area contributed by atoms with E-state index in [1.54, 1.807) is 18.2 Å². The second-order valence-corrected chi connectivity index (χ2v) is 1.79. The molecule has 0 N–H and O–H groups in total. The summed E-state index contributed by atoms with van der Waals surface area (Å²) in [7, 11) is 0. The molecule has 0 heteroatoms. The van der Waals surface area contributed by atoms with Crippen molar-refractivity contribution >= 4 is 0 Å². The van der Waals surface area contributed by atoms with E-state index in [4.69, 9.17) is 0 Å². The predicted molar refractivity (Wildman–Crippen MR) is 70.5 cm³/mol. The summed E-state index contributed by atoms with van der Waals surface area (Å²) in [5.74, 6) is 0. The topological polar surface area (TPSA) is 0 Å². The van der Waals surface area contributed by atoms with Gasteiger partial charge >= 0.3 is 0 Å². The third kappa shape index (κ3) is 10.7. The second-order valence-electron chi connectivity index (χ2n) is 1.79. The maximum atomic E-state index is 3.76. The Morgan fingerprint density at radius 3 is 1.50 bits per heavy atom. The molecular weight excluding hydrogens is 168 g/mol. The largest absolute Gasteiger partial charge is 0.0990 e. The monoisotopic (exact) mass is 192 g/mol. The Bertz CT molecular complexity index is 192. The van der Waals surface area contributed by atoms with Gasteiger partial charge in [0, 0.05) is 0 Å². The van der Waals surface area contributed by atoms with Crippen LogP contribution in [0.25, 0.3) is 0 Å². The SMILES string of the molecule is C=C/C=C(/C=C)C(=C)C=C.CC.CC. The Labute approximate surface area is 90.0 Å². The van der Waals surface area contributed by atoms with Gasteiger partial charge in [0.1, 0.15) is 0 Å². The number of hydrogen-bond acceptors (Lipinski definition) is 0. The van der Waals surface area contributed by atoms with Crippen LogP contribution in [0.15, 0.2) is 61.8 Å². The first-order chi connectivity index (χ1) is 6.76. The Hall–Kier alpha value is -1.30. The summed E-state index contributed by atoms with van der Waals surface area (Å²) in [5, 5.41) is 0. The van der Waals surface area contributed by atoms with E-state index in [1.165, 1.54) is 0 Å². The molecule has 0 aliphatic rings. The van der Waals surface area contributed by atoms with E-state index < -0.39 is 0 Å². The predicted octanol–water partition coefficient (Wildman–Crippen LogP) is 5.08. The minimum absolute atomic E-state index is 0.870. The highest BCUT2D eigenvalue weighted by atomic mass is 13.9. The highest BCUT2D eigenvalue weighted by molar-refractivity contribution is 5.44. The first-order valence-electron chi connectivity index (χ1n) is 5.03. The first kappa shape index (κ1) is 18.5. The van der Waals surface area contributed by atoms with Gasteiger partial charge in [-0.15, -0.1) is 0 Å². The van der Waals surface area contributed by atoms with Gasteiger partial charge < -0.3 is 0 Å². The molecule has 0 heterocycles. The van der Waals surface area contributed by atoms with Crippen LogP contribution in [-0.4, -0.2) is 0 Å². The quantitative estimate of drug-likeness (QED) is 0.545. The van der Waals surface area contributed by atoms with Crippen LogP contribution < -0.4 is 0 Å². The Morgan fingerprint density at radius 1 is 0.857 bits per heavy atom. The lowest BCUT2D eigenvalue weighted by Gasteiger charge is -1.96. The summed E-state index contributed by atoms with van der Waals surface area (Å²) in [6, 6.07) is 0. The summed E-state index contributed by atoms with van der Waals surface area (Å²) >= 11 is 0. The van der Waals surface area contributed by atoms with Gasteiger partial charge in [-0.2, -0.15) is 0 Å². The van der Waals surface area contributed by atoms with Crippen molar-refractivity contribution in [3.05, 3.63) is 61.8 Å². The Kier molecular flexibility index (Phi) is 23.4. The van der Waals surface area contributed by atoms with E-state index in [1.807, 2.05) is 33.8 Å². The van der Waals surface area contributed by atoms with Crippen molar-refractivity contribution in [2.45, 2.75) is 27.7 Å². The van der Waals surface area contributed by atoms with E-state index in [9.17, 15) is 0 Å². The van der Waals surface area contributed by atoms with Crippen molar-refractivity contribution in [2.24, 2.45) is 0 Å². The molecule has 0 aromatic carbocycles. The van der Waals surface area contributed by atoms with Crippen LogP contribution in [0.4, 0.5) is 0 Å². The van der Waals surface area contributed by atoms with Crippen molar-refractivity contribution < 1.29 is 0 Å². The molecule has 0 spiro atoms. The zero-order chi connectivity index (χ0) is 12.0. The molecule has 0 nitrogen and oxygen atoms in total. The second kappa shape index (κ2) is 17.7. The average Bonchev–Trinajstić information content (AvgIpc) is 2.30. The molecule has 0 fully saturated rings. The third-order valence-corrected chi connectivity index (χ3v) is 1.13. The number of rotatable bonds is 4. The third-order valence-electron chi connectivity index (χ3n) is 1.13. The molecule has 0 amide bonds. The van der Waals surface area contributed by atoms with Crippen LogP contribution >= 0.6 is 0 Å². The highest BCUT2D eigenvalue weighted by Gasteiger charge is 1.89. The molecule has 0 saturated heterocycles. The number of allylic oxidation sites excluding steroid dienone is 6. The van der Waals surface area contributed by atoms with Crippen molar-refractivity contribution in [1.29, 1.82) is 0 Å². The minimum Gasteiger partial charge on any atom is -0.0990 e. The zero-order valence-electron chi connectivity index (χ0n) is 10.1. The zero-order valence-corrected chi connectivity index (χ0v) is 10.1. The fourth-order valence-electron chi connectivity index (χ4n) is 0.551.